The van der Waals surface area contributed by atoms with Gasteiger partial charge in [-0.2, -0.15) is 0 Å². The van der Waals surface area contributed by atoms with E-state index in [0.717, 1.165) is 19.5 Å². The van der Waals surface area contributed by atoms with Gasteiger partial charge in [-0.3, -0.25) is 4.79 Å². The molecule has 0 bridgehead atoms. The molecule has 1 aliphatic rings. The number of para-hydroxylation sites is 2. The third kappa shape index (κ3) is 4.54. The van der Waals surface area contributed by atoms with Gasteiger partial charge in [-0.25, -0.2) is 9.37 Å². The van der Waals surface area contributed by atoms with Crippen molar-refractivity contribution in [2.75, 3.05) is 29.9 Å². The molecular weight excluding hydrogens is 367 g/mol. The van der Waals surface area contributed by atoms with Crippen LogP contribution in [0.4, 0.5) is 21.6 Å². The van der Waals surface area contributed by atoms with E-state index in [4.69, 9.17) is 0 Å². The fourth-order valence-corrected chi connectivity index (χ4v) is 3.58. The summed E-state index contributed by atoms with van der Waals surface area (Å²) in [7, 11) is 0. The molecule has 1 saturated heterocycles. The molecule has 6 heteroatoms. The van der Waals surface area contributed by atoms with Gasteiger partial charge in [-0.15, -0.1) is 0 Å². The van der Waals surface area contributed by atoms with E-state index in [1.165, 1.54) is 11.8 Å². The number of hydrogen-bond acceptors (Lipinski definition) is 4. The average Bonchev–Trinajstić information content (AvgIpc) is 3.24. The van der Waals surface area contributed by atoms with Gasteiger partial charge in [-0.1, -0.05) is 30.3 Å². The number of halogens is 1. The summed E-state index contributed by atoms with van der Waals surface area (Å²) >= 11 is 0. The van der Waals surface area contributed by atoms with Crippen LogP contribution >= 0.6 is 0 Å². The van der Waals surface area contributed by atoms with Crippen LogP contribution in [0.2, 0.25) is 0 Å². The van der Waals surface area contributed by atoms with E-state index in [1.54, 1.807) is 36.5 Å². The predicted molar refractivity (Wildman–Crippen MR) is 113 cm³/mol. The molecule has 148 valence electrons. The second kappa shape index (κ2) is 8.73. The first-order valence-electron chi connectivity index (χ1n) is 9.75. The van der Waals surface area contributed by atoms with E-state index < -0.39 is 5.82 Å². The molecule has 0 aliphatic carbocycles. The largest absolute Gasteiger partial charge is 0.371 e. The van der Waals surface area contributed by atoms with Crippen molar-refractivity contribution in [3.8, 4) is 0 Å². The number of rotatable bonds is 6. The number of hydrogen-bond donors (Lipinski definition) is 2. The highest BCUT2D eigenvalue weighted by Crippen LogP contribution is 2.24. The zero-order valence-corrected chi connectivity index (χ0v) is 16.0. The first-order valence-corrected chi connectivity index (χ1v) is 9.75. The molecular formula is C23H23FN4O. The second-order valence-electron chi connectivity index (χ2n) is 7.15. The van der Waals surface area contributed by atoms with Crippen LogP contribution in [-0.4, -0.2) is 30.5 Å². The van der Waals surface area contributed by atoms with Crippen LogP contribution in [-0.2, 0) is 0 Å². The third-order valence-corrected chi connectivity index (χ3v) is 5.14. The average molecular weight is 390 g/mol. The second-order valence-corrected chi connectivity index (χ2v) is 7.15. The minimum absolute atomic E-state index is 0.213. The van der Waals surface area contributed by atoms with Gasteiger partial charge in [0.25, 0.3) is 5.91 Å². The molecule has 0 radical (unpaired) electrons. The first-order chi connectivity index (χ1) is 14.2. The molecule has 3 aromatic rings. The van der Waals surface area contributed by atoms with Gasteiger partial charge >= 0.3 is 0 Å². The standard InChI is InChI=1S/C23H23FN4O/c24-20-10-4-5-11-21(20)27-22-19(9-6-13-25-22)23(29)26-15-17-12-14-28(16-17)18-7-2-1-3-8-18/h1-11,13,17H,12,14-16H2,(H,25,27)(H,26,29)/t17-/m0/s1. The highest BCUT2D eigenvalue weighted by atomic mass is 19.1. The molecule has 2 heterocycles. The Labute approximate surface area is 169 Å². The van der Waals surface area contributed by atoms with E-state index in [-0.39, 0.29) is 11.6 Å². The van der Waals surface area contributed by atoms with E-state index in [1.807, 2.05) is 18.2 Å². The normalized spacial score (nSPS) is 15.9. The highest BCUT2D eigenvalue weighted by Gasteiger charge is 2.23. The smallest absolute Gasteiger partial charge is 0.255 e. The van der Waals surface area contributed by atoms with Crippen LogP contribution in [0.1, 0.15) is 16.8 Å². The Bertz CT molecular complexity index is 979. The zero-order valence-electron chi connectivity index (χ0n) is 16.0. The van der Waals surface area contributed by atoms with E-state index in [0.29, 0.717) is 23.8 Å². The summed E-state index contributed by atoms with van der Waals surface area (Å²) in [6.45, 7) is 2.49. The number of nitrogens with one attached hydrogen (secondary N) is 2. The van der Waals surface area contributed by atoms with Crippen LogP contribution in [0.25, 0.3) is 0 Å². The summed E-state index contributed by atoms with van der Waals surface area (Å²) in [5, 5.41) is 5.94. The molecule has 2 N–H and O–H groups in total. The third-order valence-electron chi connectivity index (χ3n) is 5.14. The van der Waals surface area contributed by atoms with Crippen molar-refractivity contribution < 1.29 is 9.18 Å². The summed E-state index contributed by atoms with van der Waals surface area (Å²) < 4.78 is 13.9. The summed E-state index contributed by atoms with van der Waals surface area (Å²) in [4.78, 5) is 19.3. The van der Waals surface area contributed by atoms with Crippen molar-refractivity contribution in [3.63, 3.8) is 0 Å². The van der Waals surface area contributed by atoms with Crippen LogP contribution in [0.15, 0.2) is 72.9 Å². The van der Waals surface area contributed by atoms with E-state index in [9.17, 15) is 9.18 Å². The Morgan fingerprint density at radius 3 is 2.69 bits per heavy atom. The lowest BCUT2D eigenvalue weighted by Gasteiger charge is -2.19. The minimum Gasteiger partial charge on any atom is -0.371 e. The van der Waals surface area contributed by atoms with Crippen LogP contribution < -0.4 is 15.5 Å². The van der Waals surface area contributed by atoms with Crippen molar-refractivity contribution in [1.82, 2.24) is 10.3 Å². The number of carbonyl (C=O) groups is 1. The van der Waals surface area contributed by atoms with Gasteiger partial charge in [0.2, 0.25) is 0 Å². The quantitative estimate of drug-likeness (QED) is 0.662. The molecule has 5 nitrogen and oxygen atoms in total. The SMILES string of the molecule is O=C(NC[C@@H]1CCN(c2ccccc2)C1)c1cccnc1Nc1ccccc1F. The first kappa shape index (κ1) is 18.9. The predicted octanol–water partition coefficient (Wildman–Crippen LogP) is 4.22. The summed E-state index contributed by atoms with van der Waals surface area (Å²) in [5.41, 5.74) is 1.90. The number of pyridine rings is 1. The molecule has 4 rings (SSSR count). The van der Waals surface area contributed by atoms with Crippen molar-refractivity contribution >= 4 is 23.1 Å². The highest BCUT2D eigenvalue weighted by molar-refractivity contribution is 5.99. The maximum Gasteiger partial charge on any atom is 0.255 e. The van der Waals surface area contributed by atoms with Crippen molar-refractivity contribution in [2.24, 2.45) is 5.92 Å². The molecule has 1 aromatic heterocycles. The van der Waals surface area contributed by atoms with Crippen LogP contribution in [0, 0.1) is 11.7 Å². The Kier molecular flexibility index (Phi) is 5.70. The van der Waals surface area contributed by atoms with Crippen molar-refractivity contribution in [3.05, 3.63) is 84.3 Å². The lowest BCUT2D eigenvalue weighted by atomic mass is 10.1. The van der Waals surface area contributed by atoms with Crippen LogP contribution in [0.5, 0.6) is 0 Å². The van der Waals surface area contributed by atoms with Gasteiger partial charge in [0, 0.05) is 31.5 Å². The maximum atomic E-state index is 13.9. The number of aromatic nitrogens is 1. The minimum atomic E-state index is -0.392. The zero-order chi connectivity index (χ0) is 20.1. The van der Waals surface area contributed by atoms with Gasteiger partial charge in [0.15, 0.2) is 0 Å². The van der Waals surface area contributed by atoms with E-state index in [2.05, 4.69) is 32.7 Å². The topological polar surface area (TPSA) is 57.3 Å². The number of nitrogens with zero attached hydrogens (tertiary/aromatic N) is 2. The number of amides is 1. The van der Waals surface area contributed by atoms with Crippen LogP contribution in [0.3, 0.4) is 0 Å². The van der Waals surface area contributed by atoms with Gasteiger partial charge < -0.3 is 15.5 Å². The van der Waals surface area contributed by atoms with Crippen molar-refractivity contribution in [2.45, 2.75) is 6.42 Å². The lowest BCUT2D eigenvalue weighted by Crippen LogP contribution is -2.31. The van der Waals surface area contributed by atoms with Crippen molar-refractivity contribution in [1.29, 1.82) is 0 Å². The van der Waals surface area contributed by atoms with Gasteiger partial charge in [0.05, 0.1) is 11.3 Å². The summed E-state index contributed by atoms with van der Waals surface area (Å²) in [6.07, 6.45) is 2.61. The number of anilines is 3. The molecule has 0 spiro atoms. The molecule has 1 aliphatic heterocycles. The summed E-state index contributed by atoms with van der Waals surface area (Å²) in [5.74, 6) is 0.123. The number of carbonyl (C=O) groups excluding carboxylic acids is 1. The summed E-state index contributed by atoms with van der Waals surface area (Å²) in [6, 6.07) is 20.0. The Balaban J connectivity index is 1.38. The fourth-order valence-electron chi connectivity index (χ4n) is 3.58. The van der Waals surface area contributed by atoms with E-state index >= 15 is 0 Å². The Morgan fingerprint density at radius 1 is 1.07 bits per heavy atom. The van der Waals surface area contributed by atoms with Gasteiger partial charge in [0.1, 0.15) is 11.6 Å². The maximum absolute atomic E-state index is 13.9. The lowest BCUT2D eigenvalue weighted by molar-refractivity contribution is 0.0949. The monoisotopic (exact) mass is 390 g/mol. The molecule has 0 unspecified atom stereocenters. The molecule has 2 aromatic carbocycles. The number of benzene rings is 2. The molecule has 29 heavy (non-hydrogen) atoms. The van der Waals surface area contributed by atoms with Gasteiger partial charge in [-0.05, 0) is 48.7 Å². The molecule has 1 fully saturated rings. The molecule has 1 amide bonds. The molecule has 1 atom stereocenters. The fraction of sp³-hybridized carbons (Fsp3) is 0.217. The Morgan fingerprint density at radius 2 is 1.86 bits per heavy atom. The molecule has 0 saturated carbocycles. The Hall–Kier alpha value is -3.41.